The van der Waals surface area contributed by atoms with Crippen LogP contribution in [0.4, 0.5) is 30.5 Å². The number of hydrogen-bond acceptors (Lipinski definition) is 10. The van der Waals surface area contributed by atoms with Crippen LogP contribution in [0, 0.1) is 17.3 Å². The van der Waals surface area contributed by atoms with Crippen LogP contribution in [0.3, 0.4) is 0 Å². The molecular formula is C28H28F3N9O3S. The quantitative estimate of drug-likeness (QED) is 0.292. The average molecular weight is 628 g/mol. The summed E-state index contributed by atoms with van der Waals surface area (Å²) in [5.74, 6) is 6.79. The Morgan fingerprint density at radius 2 is 1.84 bits per heavy atom. The molecule has 1 aliphatic heterocycles. The first-order chi connectivity index (χ1) is 20.9. The molecule has 1 saturated heterocycles. The fourth-order valence-corrected chi connectivity index (χ4v) is 6.24. The summed E-state index contributed by atoms with van der Waals surface area (Å²) >= 11 is 0. The van der Waals surface area contributed by atoms with Gasteiger partial charge in [-0.25, -0.2) is 23.4 Å². The number of alkyl halides is 3. The molecule has 0 aromatic carbocycles. The molecule has 6 rings (SSSR count). The van der Waals surface area contributed by atoms with Gasteiger partial charge in [-0.05, 0) is 37.2 Å². The molecule has 0 amide bonds. The van der Waals surface area contributed by atoms with E-state index in [1.165, 1.54) is 24.8 Å². The molecule has 12 nitrogen and oxygen atoms in total. The summed E-state index contributed by atoms with van der Waals surface area (Å²) in [5, 5.41) is 19.9. The Labute approximate surface area is 251 Å². The summed E-state index contributed by atoms with van der Waals surface area (Å²) in [7, 11) is -3.53. The molecule has 1 aliphatic carbocycles. The second-order valence-electron chi connectivity index (χ2n) is 11.2. The summed E-state index contributed by atoms with van der Waals surface area (Å²) in [6.07, 6.45) is 5.80. The monoisotopic (exact) mass is 627 g/mol. The maximum atomic E-state index is 13.0. The van der Waals surface area contributed by atoms with Crippen LogP contribution in [0.25, 0.3) is 11.4 Å². The van der Waals surface area contributed by atoms with E-state index in [4.69, 9.17) is 0 Å². The molecule has 5 heterocycles. The minimum atomic E-state index is -4.64. The summed E-state index contributed by atoms with van der Waals surface area (Å²) < 4.78 is 64.8. The zero-order valence-electron chi connectivity index (χ0n) is 23.5. The molecule has 4 aromatic rings. The first-order valence-corrected chi connectivity index (χ1v) is 15.3. The lowest BCUT2D eigenvalue weighted by Crippen LogP contribution is -2.40. The lowest BCUT2D eigenvalue weighted by Gasteiger charge is -2.39. The smallest absolute Gasteiger partial charge is 0.396 e. The van der Waals surface area contributed by atoms with Crippen LogP contribution in [0.2, 0.25) is 0 Å². The molecule has 16 heteroatoms. The molecule has 2 aliphatic rings. The van der Waals surface area contributed by atoms with Crippen molar-refractivity contribution >= 4 is 27.3 Å². The zero-order valence-corrected chi connectivity index (χ0v) is 24.3. The number of piperidine rings is 1. The highest BCUT2D eigenvalue weighted by Crippen LogP contribution is 2.35. The van der Waals surface area contributed by atoms with E-state index in [1.807, 2.05) is 6.92 Å². The van der Waals surface area contributed by atoms with Crippen LogP contribution in [0.1, 0.15) is 43.7 Å². The number of aliphatic hydroxyl groups is 1. The number of halogens is 3. The predicted octanol–water partition coefficient (Wildman–Crippen LogP) is 3.49. The molecule has 2 fully saturated rings. The Bertz CT molecular complexity index is 1850. The third kappa shape index (κ3) is 6.24. The number of rotatable bonds is 7. The van der Waals surface area contributed by atoms with Crippen LogP contribution in [-0.2, 0) is 16.3 Å². The van der Waals surface area contributed by atoms with Crippen molar-refractivity contribution in [1.29, 1.82) is 0 Å². The van der Waals surface area contributed by atoms with Gasteiger partial charge in [-0.3, -0.25) is 0 Å². The Balaban J connectivity index is 1.27. The average Bonchev–Trinajstić information content (AvgIpc) is 3.54. The van der Waals surface area contributed by atoms with Crippen molar-refractivity contribution in [3.63, 3.8) is 0 Å². The van der Waals surface area contributed by atoms with Crippen molar-refractivity contribution in [1.82, 2.24) is 33.9 Å². The Kier molecular flexibility index (Phi) is 7.54. The standard InChI is InChI=1S/C28H28F3N9O3S/c1-27(18-41)7-10-38(11-8-27)23-12-25(33-14-20(23)3-2-19-13-34-39(16-19)28(29,30)31)36-24-6-9-32-26(37-24)21-15-35-40(17-21)44(42,43)22-4-5-22/h6,9,12-17,22,41H,4-5,7-8,10-11,18H2,1H3,(H,32,33,36,37). The van der Waals surface area contributed by atoms with Crippen molar-refractivity contribution in [3.8, 4) is 23.2 Å². The van der Waals surface area contributed by atoms with Crippen LogP contribution < -0.4 is 10.2 Å². The minimum absolute atomic E-state index is 0.0707. The van der Waals surface area contributed by atoms with Crippen molar-refractivity contribution in [2.45, 2.75) is 44.2 Å². The number of aliphatic hydroxyl groups excluding tert-OH is 1. The molecule has 0 spiro atoms. The molecule has 0 bridgehead atoms. The SMILES string of the molecule is CC1(CO)CCN(c2cc(Nc3ccnc(-c4cnn(S(=O)(=O)C5CC5)c4)n3)ncc2C#Cc2cnn(C(F)(F)F)c2)CC1. The molecule has 0 atom stereocenters. The molecule has 4 aromatic heterocycles. The highest BCUT2D eigenvalue weighted by atomic mass is 32.2. The van der Waals surface area contributed by atoms with Gasteiger partial charge < -0.3 is 15.3 Å². The second-order valence-corrected chi connectivity index (χ2v) is 13.2. The van der Waals surface area contributed by atoms with Gasteiger partial charge in [0.2, 0.25) is 0 Å². The summed E-state index contributed by atoms with van der Waals surface area (Å²) in [6.45, 7) is 3.36. The molecule has 44 heavy (non-hydrogen) atoms. The molecule has 1 saturated carbocycles. The Morgan fingerprint density at radius 1 is 1.07 bits per heavy atom. The van der Waals surface area contributed by atoms with E-state index in [0.717, 1.165) is 35.0 Å². The lowest BCUT2D eigenvalue weighted by molar-refractivity contribution is -0.212. The van der Waals surface area contributed by atoms with E-state index in [2.05, 4.69) is 47.2 Å². The first-order valence-electron chi connectivity index (χ1n) is 13.8. The number of hydrogen-bond donors (Lipinski definition) is 2. The van der Waals surface area contributed by atoms with Crippen molar-refractivity contribution < 1.29 is 26.7 Å². The molecular weight excluding hydrogens is 599 g/mol. The van der Waals surface area contributed by atoms with E-state index < -0.39 is 21.6 Å². The van der Waals surface area contributed by atoms with Gasteiger partial charge in [0, 0.05) is 44.4 Å². The molecule has 230 valence electrons. The van der Waals surface area contributed by atoms with Crippen LogP contribution in [0.5, 0.6) is 0 Å². The van der Waals surface area contributed by atoms with Crippen molar-refractivity contribution in [2.75, 3.05) is 29.9 Å². The number of pyridine rings is 1. The number of nitrogens with one attached hydrogen (secondary N) is 1. The second kappa shape index (κ2) is 11.2. The van der Waals surface area contributed by atoms with Crippen molar-refractivity contribution in [3.05, 3.63) is 60.4 Å². The minimum Gasteiger partial charge on any atom is -0.396 e. The maximum absolute atomic E-state index is 13.0. The fraction of sp³-hybridized carbons (Fsp3) is 0.393. The van der Waals surface area contributed by atoms with Gasteiger partial charge in [-0.1, -0.05) is 18.8 Å². The van der Waals surface area contributed by atoms with E-state index >= 15 is 0 Å². The van der Waals surface area contributed by atoms with Gasteiger partial charge in [-0.15, -0.1) is 13.2 Å². The van der Waals surface area contributed by atoms with Crippen LogP contribution in [0.15, 0.2) is 49.3 Å². The van der Waals surface area contributed by atoms with E-state index in [-0.39, 0.29) is 28.1 Å². The van der Waals surface area contributed by atoms with Gasteiger partial charge in [0.15, 0.2) is 5.82 Å². The topological polar surface area (TPSA) is 144 Å². The third-order valence-corrected chi connectivity index (χ3v) is 9.73. The highest BCUT2D eigenvalue weighted by molar-refractivity contribution is 7.90. The highest BCUT2D eigenvalue weighted by Gasteiger charge is 2.38. The lowest BCUT2D eigenvalue weighted by atomic mass is 9.81. The van der Waals surface area contributed by atoms with Crippen LogP contribution >= 0.6 is 0 Å². The van der Waals surface area contributed by atoms with Crippen LogP contribution in [-0.4, -0.2) is 72.4 Å². The number of anilines is 3. The number of aromatic nitrogens is 7. The molecule has 2 N–H and O–H groups in total. The molecule has 0 unspecified atom stereocenters. The summed E-state index contributed by atoms with van der Waals surface area (Å²) in [4.78, 5) is 15.3. The third-order valence-electron chi connectivity index (χ3n) is 7.70. The maximum Gasteiger partial charge on any atom is 0.504 e. The Hall–Kier alpha value is -4.49. The van der Waals surface area contributed by atoms with Gasteiger partial charge >= 0.3 is 6.30 Å². The van der Waals surface area contributed by atoms with Gasteiger partial charge in [0.25, 0.3) is 10.0 Å². The van der Waals surface area contributed by atoms with Crippen molar-refractivity contribution in [2.24, 2.45) is 5.41 Å². The predicted molar refractivity (Wildman–Crippen MR) is 154 cm³/mol. The molecule has 0 radical (unpaired) electrons. The van der Waals surface area contributed by atoms with E-state index in [1.54, 1.807) is 12.1 Å². The van der Waals surface area contributed by atoms with Gasteiger partial charge in [0.1, 0.15) is 11.6 Å². The zero-order chi connectivity index (χ0) is 31.1. The summed E-state index contributed by atoms with van der Waals surface area (Å²) in [5.41, 5.74) is 1.57. The van der Waals surface area contributed by atoms with Gasteiger partial charge in [-0.2, -0.15) is 19.0 Å². The van der Waals surface area contributed by atoms with E-state index in [9.17, 15) is 26.7 Å². The summed E-state index contributed by atoms with van der Waals surface area (Å²) in [6, 6.07) is 3.42. The normalized spacial score (nSPS) is 16.8. The largest absolute Gasteiger partial charge is 0.504 e. The Morgan fingerprint density at radius 3 is 2.52 bits per heavy atom. The van der Waals surface area contributed by atoms with Gasteiger partial charge in [0.05, 0.1) is 46.2 Å². The number of nitrogens with zero attached hydrogens (tertiary/aromatic N) is 8. The first kappa shape index (κ1) is 29.6. The van der Waals surface area contributed by atoms with E-state index in [0.29, 0.717) is 48.7 Å². The fourth-order valence-electron chi connectivity index (χ4n) is 4.76.